The number of carboxylic acids is 1. The number of carboxylic acid groups (broad SMARTS) is 1. The number of aromatic nitrogens is 2. The smallest absolute Gasteiger partial charge is 0.354 e. The summed E-state index contributed by atoms with van der Waals surface area (Å²) in [7, 11) is 1.62. The van der Waals surface area contributed by atoms with E-state index < -0.39 is 5.97 Å². The maximum Gasteiger partial charge on any atom is 0.354 e. The molecule has 0 radical (unpaired) electrons. The molecule has 14 heavy (non-hydrogen) atoms. The number of methoxy groups -OCH3 is 1. The normalized spacial score (nSPS) is 10.1. The van der Waals surface area contributed by atoms with Crippen LogP contribution in [0.3, 0.4) is 0 Å². The molecule has 5 nitrogen and oxygen atoms in total. The molecule has 1 heterocycles. The summed E-state index contributed by atoms with van der Waals surface area (Å²) in [5.74, 6) is -0.484. The Balaban J connectivity index is 2.59. The molecule has 0 aromatic carbocycles. The average Bonchev–Trinajstić information content (AvgIpc) is 2.19. The first kappa shape index (κ1) is 10.6. The van der Waals surface area contributed by atoms with Crippen molar-refractivity contribution in [3.8, 4) is 0 Å². The van der Waals surface area contributed by atoms with Crippen LogP contribution < -0.4 is 0 Å². The molecule has 1 aromatic rings. The zero-order chi connectivity index (χ0) is 10.4. The van der Waals surface area contributed by atoms with E-state index >= 15 is 0 Å². The van der Waals surface area contributed by atoms with E-state index in [1.54, 1.807) is 7.11 Å². The summed E-state index contributed by atoms with van der Waals surface area (Å²) in [5, 5.41) is 8.67. The summed E-state index contributed by atoms with van der Waals surface area (Å²) in [6.07, 6.45) is 2.88. The Hall–Kier alpha value is -1.49. The summed E-state index contributed by atoms with van der Waals surface area (Å²) in [4.78, 5) is 18.4. The van der Waals surface area contributed by atoms with Gasteiger partial charge in [0.1, 0.15) is 5.82 Å². The first-order valence-corrected chi connectivity index (χ1v) is 4.28. The van der Waals surface area contributed by atoms with Crippen LogP contribution in [0.25, 0.3) is 0 Å². The van der Waals surface area contributed by atoms with E-state index in [2.05, 4.69) is 9.97 Å². The lowest BCUT2D eigenvalue weighted by atomic mass is 10.3. The molecule has 0 aliphatic heterocycles. The molecule has 0 spiro atoms. The van der Waals surface area contributed by atoms with Crippen molar-refractivity contribution >= 4 is 5.97 Å². The lowest BCUT2D eigenvalue weighted by molar-refractivity contribution is 0.0690. The van der Waals surface area contributed by atoms with Crippen molar-refractivity contribution in [2.45, 2.75) is 12.8 Å². The van der Waals surface area contributed by atoms with E-state index in [1.807, 2.05) is 0 Å². The van der Waals surface area contributed by atoms with Gasteiger partial charge in [0, 0.05) is 26.3 Å². The molecular weight excluding hydrogens is 184 g/mol. The third-order valence-electron chi connectivity index (χ3n) is 1.67. The van der Waals surface area contributed by atoms with Crippen molar-refractivity contribution in [3.63, 3.8) is 0 Å². The van der Waals surface area contributed by atoms with Crippen molar-refractivity contribution in [1.82, 2.24) is 9.97 Å². The Kier molecular flexibility index (Phi) is 4.00. The van der Waals surface area contributed by atoms with Crippen LogP contribution in [0.2, 0.25) is 0 Å². The van der Waals surface area contributed by atoms with Crippen LogP contribution >= 0.6 is 0 Å². The van der Waals surface area contributed by atoms with Crippen molar-refractivity contribution in [1.29, 1.82) is 0 Å². The fourth-order valence-electron chi connectivity index (χ4n) is 1.01. The molecular formula is C9H12N2O3. The first-order chi connectivity index (χ1) is 6.74. The van der Waals surface area contributed by atoms with Crippen molar-refractivity contribution in [2.75, 3.05) is 13.7 Å². The van der Waals surface area contributed by atoms with Crippen LogP contribution in [0.4, 0.5) is 0 Å². The minimum atomic E-state index is -1.03. The van der Waals surface area contributed by atoms with Gasteiger partial charge in [-0.2, -0.15) is 0 Å². The average molecular weight is 196 g/mol. The number of hydrogen-bond donors (Lipinski definition) is 1. The summed E-state index contributed by atoms with van der Waals surface area (Å²) >= 11 is 0. The SMILES string of the molecule is COCCCc1nccc(C(=O)O)n1. The second kappa shape index (κ2) is 5.29. The monoisotopic (exact) mass is 196 g/mol. The molecule has 0 unspecified atom stereocenters. The van der Waals surface area contributed by atoms with Gasteiger partial charge in [-0.25, -0.2) is 14.8 Å². The van der Waals surface area contributed by atoms with Gasteiger partial charge >= 0.3 is 5.97 Å². The van der Waals surface area contributed by atoms with Gasteiger partial charge in [0.2, 0.25) is 0 Å². The summed E-state index contributed by atoms with van der Waals surface area (Å²) < 4.78 is 4.87. The molecule has 1 rings (SSSR count). The van der Waals surface area contributed by atoms with Crippen LogP contribution in [-0.2, 0) is 11.2 Å². The summed E-state index contributed by atoms with van der Waals surface area (Å²) in [6.45, 7) is 0.626. The fraction of sp³-hybridized carbons (Fsp3) is 0.444. The van der Waals surface area contributed by atoms with Crippen molar-refractivity contribution < 1.29 is 14.6 Å². The van der Waals surface area contributed by atoms with E-state index in [4.69, 9.17) is 9.84 Å². The predicted molar refractivity (Wildman–Crippen MR) is 49.2 cm³/mol. The molecule has 5 heteroatoms. The highest BCUT2D eigenvalue weighted by molar-refractivity contribution is 5.85. The lowest BCUT2D eigenvalue weighted by Gasteiger charge is -2.00. The number of ether oxygens (including phenoxy) is 1. The number of rotatable bonds is 5. The molecule has 76 valence electrons. The summed E-state index contributed by atoms with van der Waals surface area (Å²) in [6, 6.07) is 1.38. The van der Waals surface area contributed by atoms with Crippen LogP contribution in [0.5, 0.6) is 0 Å². The molecule has 0 saturated heterocycles. The standard InChI is InChI=1S/C9H12N2O3/c1-14-6-2-3-8-10-5-4-7(11-8)9(12)13/h4-5H,2-3,6H2,1H3,(H,12,13). The number of nitrogens with zero attached hydrogens (tertiary/aromatic N) is 2. The van der Waals surface area contributed by atoms with Crippen LogP contribution in [0, 0.1) is 0 Å². The molecule has 0 bridgehead atoms. The Labute approximate surface area is 81.8 Å². The zero-order valence-corrected chi connectivity index (χ0v) is 7.93. The molecule has 0 amide bonds. The highest BCUT2D eigenvalue weighted by atomic mass is 16.5. The first-order valence-electron chi connectivity index (χ1n) is 4.28. The number of carbonyl (C=O) groups is 1. The number of hydrogen-bond acceptors (Lipinski definition) is 4. The minimum Gasteiger partial charge on any atom is -0.477 e. The molecule has 0 atom stereocenters. The fourth-order valence-corrected chi connectivity index (χ4v) is 1.01. The second-order valence-corrected chi connectivity index (χ2v) is 2.76. The lowest BCUT2D eigenvalue weighted by Crippen LogP contribution is -2.05. The molecule has 0 aliphatic rings. The maximum absolute atomic E-state index is 10.6. The largest absolute Gasteiger partial charge is 0.477 e. The van der Waals surface area contributed by atoms with E-state index in [9.17, 15) is 4.79 Å². The second-order valence-electron chi connectivity index (χ2n) is 2.76. The van der Waals surface area contributed by atoms with Gasteiger partial charge in [0.25, 0.3) is 0 Å². The third-order valence-corrected chi connectivity index (χ3v) is 1.67. The molecule has 0 saturated carbocycles. The molecule has 0 fully saturated rings. The maximum atomic E-state index is 10.6. The van der Waals surface area contributed by atoms with E-state index in [-0.39, 0.29) is 5.69 Å². The Bertz CT molecular complexity index is 315. The predicted octanol–water partition coefficient (Wildman–Crippen LogP) is 0.754. The third kappa shape index (κ3) is 3.10. The van der Waals surface area contributed by atoms with Crippen molar-refractivity contribution in [3.05, 3.63) is 23.8 Å². The van der Waals surface area contributed by atoms with Gasteiger partial charge in [-0.15, -0.1) is 0 Å². The van der Waals surface area contributed by atoms with E-state index in [0.29, 0.717) is 18.9 Å². The quantitative estimate of drug-likeness (QED) is 0.703. The van der Waals surface area contributed by atoms with Crippen LogP contribution in [0.1, 0.15) is 22.7 Å². The van der Waals surface area contributed by atoms with Gasteiger partial charge in [0.15, 0.2) is 5.69 Å². The zero-order valence-electron chi connectivity index (χ0n) is 7.93. The van der Waals surface area contributed by atoms with Gasteiger partial charge in [0.05, 0.1) is 0 Å². The van der Waals surface area contributed by atoms with Gasteiger partial charge in [-0.3, -0.25) is 0 Å². The molecule has 1 aromatic heterocycles. The van der Waals surface area contributed by atoms with E-state index in [1.165, 1.54) is 12.3 Å². The Morgan fingerprint density at radius 1 is 1.64 bits per heavy atom. The summed E-state index contributed by atoms with van der Waals surface area (Å²) in [5.41, 5.74) is 0.0346. The highest BCUT2D eigenvalue weighted by Crippen LogP contribution is 1.98. The van der Waals surface area contributed by atoms with Crippen molar-refractivity contribution in [2.24, 2.45) is 0 Å². The van der Waals surface area contributed by atoms with E-state index in [0.717, 1.165) is 6.42 Å². The molecule has 1 N–H and O–H groups in total. The number of aryl methyl sites for hydroxylation is 1. The van der Waals surface area contributed by atoms with Gasteiger partial charge < -0.3 is 9.84 Å². The highest BCUT2D eigenvalue weighted by Gasteiger charge is 2.05. The van der Waals surface area contributed by atoms with Gasteiger partial charge in [-0.05, 0) is 12.5 Å². The topological polar surface area (TPSA) is 72.3 Å². The molecule has 0 aliphatic carbocycles. The number of aromatic carboxylic acids is 1. The minimum absolute atomic E-state index is 0.0346. The van der Waals surface area contributed by atoms with Crippen LogP contribution in [0.15, 0.2) is 12.3 Å². The van der Waals surface area contributed by atoms with Gasteiger partial charge in [-0.1, -0.05) is 0 Å². The Morgan fingerprint density at radius 2 is 2.43 bits per heavy atom. The van der Waals surface area contributed by atoms with Crippen LogP contribution in [-0.4, -0.2) is 34.8 Å². The Morgan fingerprint density at radius 3 is 3.07 bits per heavy atom.